The molecule has 0 radical (unpaired) electrons. The zero-order valence-corrected chi connectivity index (χ0v) is 10.2. The highest BCUT2D eigenvalue weighted by atomic mass is 16.3. The minimum atomic E-state index is 0.844. The monoisotopic (exact) mass is 224 g/mol. The first kappa shape index (κ1) is 13.2. The Labute approximate surface area is 98.4 Å². The molecule has 0 aliphatic heterocycles. The van der Waals surface area contributed by atoms with Crippen molar-refractivity contribution in [1.82, 2.24) is 4.98 Å². The van der Waals surface area contributed by atoms with Crippen molar-refractivity contribution in [3.63, 3.8) is 0 Å². The highest BCUT2D eigenvalue weighted by molar-refractivity contribution is 4.87. The summed E-state index contributed by atoms with van der Waals surface area (Å²) in [6.45, 7) is 0.844. The van der Waals surface area contributed by atoms with Crippen molar-refractivity contribution in [2.45, 2.75) is 57.8 Å². The minimum Gasteiger partial charge on any atom is -0.449 e. The molecule has 0 saturated heterocycles. The fraction of sp³-hybridized carbons (Fsp3) is 0.769. The molecule has 3 heteroatoms. The molecule has 0 fully saturated rings. The van der Waals surface area contributed by atoms with Gasteiger partial charge in [-0.25, -0.2) is 4.98 Å². The second-order valence-electron chi connectivity index (χ2n) is 4.33. The predicted molar refractivity (Wildman–Crippen MR) is 66.2 cm³/mol. The van der Waals surface area contributed by atoms with E-state index < -0.39 is 0 Å². The lowest BCUT2D eigenvalue weighted by molar-refractivity contribution is 0.486. The highest BCUT2D eigenvalue weighted by Crippen LogP contribution is 2.10. The first-order valence-electron chi connectivity index (χ1n) is 6.51. The fourth-order valence-corrected chi connectivity index (χ4v) is 1.87. The number of rotatable bonds is 10. The van der Waals surface area contributed by atoms with E-state index in [1.165, 1.54) is 57.8 Å². The Bertz CT molecular complexity index is 234. The molecule has 1 aromatic heterocycles. The number of nitrogens with two attached hydrogens (primary N) is 1. The average molecular weight is 224 g/mol. The van der Waals surface area contributed by atoms with Crippen LogP contribution in [0.15, 0.2) is 17.0 Å². The Morgan fingerprint density at radius 1 is 0.938 bits per heavy atom. The van der Waals surface area contributed by atoms with E-state index in [9.17, 15) is 0 Å². The lowest BCUT2D eigenvalue weighted by Crippen LogP contribution is -1.97. The third-order valence-corrected chi connectivity index (χ3v) is 2.86. The molecule has 0 aromatic carbocycles. The molecule has 3 nitrogen and oxygen atoms in total. The maximum atomic E-state index is 5.44. The van der Waals surface area contributed by atoms with Gasteiger partial charge in [0.05, 0.1) is 6.20 Å². The molecule has 92 valence electrons. The number of aromatic nitrogens is 1. The Morgan fingerprint density at radius 2 is 1.56 bits per heavy atom. The smallest absolute Gasteiger partial charge is 0.180 e. The molecule has 0 unspecified atom stereocenters. The van der Waals surface area contributed by atoms with Crippen LogP contribution in [0.4, 0.5) is 0 Å². The third kappa shape index (κ3) is 6.62. The second-order valence-corrected chi connectivity index (χ2v) is 4.33. The third-order valence-electron chi connectivity index (χ3n) is 2.86. The van der Waals surface area contributed by atoms with Crippen molar-refractivity contribution >= 4 is 0 Å². The molecule has 0 saturated carbocycles. The van der Waals surface area contributed by atoms with Gasteiger partial charge in [-0.2, -0.15) is 0 Å². The van der Waals surface area contributed by atoms with E-state index in [0.717, 1.165) is 18.7 Å². The van der Waals surface area contributed by atoms with E-state index in [1.54, 1.807) is 0 Å². The molecular formula is C13H24N2O. The number of nitrogens with zero attached hydrogens (tertiary/aromatic N) is 1. The average Bonchev–Trinajstić information content (AvgIpc) is 2.80. The summed E-state index contributed by atoms with van der Waals surface area (Å²) in [5.41, 5.74) is 5.44. The van der Waals surface area contributed by atoms with Gasteiger partial charge in [-0.15, -0.1) is 0 Å². The van der Waals surface area contributed by atoms with Gasteiger partial charge >= 0.3 is 0 Å². The van der Waals surface area contributed by atoms with Crippen LogP contribution in [0.25, 0.3) is 0 Å². The molecule has 1 rings (SSSR count). The number of hydrogen-bond acceptors (Lipinski definition) is 3. The van der Waals surface area contributed by atoms with E-state index >= 15 is 0 Å². The van der Waals surface area contributed by atoms with Crippen LogP contribution in [-0.4, -0.2) is 11.5 Å². The minimum absolute atomic E-state index is 0.844. The van der Waals surface area contributed by atoms with Crippen LogP contribution >= 0.6 is 0 Å². The molecule has 0 aliphatic rings. The van der Waals surface area contributed by atoms with Crippen LogP contribution in [0.2, 0.25) is 0 Å². The zero-order chi connectivity index (χ0) is 11.5. The van der Waals surface area contributed by atoms with Crippen molar-refractivity contribution in [3.05, 3.63) is 18.4 Å². The number of aryl methyl sites for hydroxylation is 1. The van der Waals surface area contributed by atoms with Gasteiger partial charge in [-0.1, -0.05) is 38.5 Å². The van der Waals surface area contributed by atoms with Crippen molar-refractivity contribution in [3.8, 4) is 0 Å². The lowest BCUT2D eigenvalue weighted by atomic mass is 10.1. The van der Waals surface area contributed by atoms with Gasteiger partial charge in [0.15, 0.2) is 6.39 Å². The highest BCUT2D eigenvalue weighted by Gasteiger charge is 1.96. The summed E-state index contributed by atoms with van der Waals surface area (Å²) in [5.74, 6) is 1.02. The van der Waals surface area contributed by atoms with Gasteiger partial charge in [-0.3, -0.25) is 0 Å². The maximum Gasteiger partial charge on any atom is 0.180 e. The summed E-state index contributed by atoms with van der Waals surface area (Å²) in [6.07, 6.45) is 14.8. The first-order valence-corrected chi connectivity index (χ1v) is 6.51. The van der Waals surface area contributed by atoms with Gasteiger partial charge in [0, 0.05) is 6.42 Å². The Balaban J connectivity index is 1.78. The van der Waals surface area contributed by atoms with Crippen LogP contribution < -0.4 is 5.73 Å². The molecule has 2 N–H and O–H groups in total. The summed E-state index contributed by atoms with van der Waals surface area (Å²) in [4.78, 5) is 3.90. The molecular weight excluding hydrogens is 200 g/mol. The fourth-order valence-electron chi connectivity index (χ4n) is 1.87. The molecule has 0 aliphatic carbocycles. The van der Waals surface area contributed by atoms with Gasteiger partial charge in [0.1, 0.15) is 5.76 Å². The van der Waals surface area contributed by atoms with E-state index in [-0.39, 0.29) is 0 Å². The molecule has 0 amide bonds. The lowest BCUT2D eigenvalue weighted by Gasteiger charge is -2.00. The summed E-state index contributed by atoms with van der Waals surface area (Å²) < 4.78 is 5.18. The summed E-state index contributed by atoms with van der Waals surface area (Å²) in [7, 11) is 0. The summed E-state index contributed by atoms with van der Waals surface area (Å²) in [5, 5.41) is 0. The largest absolute Gasteiger partial charge is 0.449 e. The Morgan fingerprint density at radius 3 is 2.12 bits per heavy atom. The van der Waals surface area contributed by atoms with Crippen molar-refractivity contribution < 1.29 is 4.42 Å². The SMILES string of the molecule is NCCCCCCCCCCc1cnco1. The predicted octanol–water partition coefficient (Wildman–Crippen LogP) is 3.30. The normalized spacial score (nSPS) is 10.8. The zero-order valence-electron chi connectivity index (χ0n) is 10.2. The van der Waals surface area contributed by atoms with Crippen LogP contribution in [0.3, 0.4) is 0 Å². The van der Waals surface area contributed by atoms with Crippen LogP contribution in [0.1, 0.15) is 57.1 Å². The van der Waals surface area contributed by atoms with E-state index in [2.05, 4.69) is 4.98 Å². The van der Waals surface area contributed by atoms with Gasteiger partial charge in [0.25, 0.3) is 0 Å². The molecule has 1 aromatic rings. The molecule has 0 atom stereocenters. The standard InChI is InChI=1S/C13H24N2O/c14-10-8-6-4-2-1-3-5-7-9-13-11-15-12-16-13/h11-12H,1-10,14H2. The summed E-state index contributed by atoms with van der Waals surface area (Å²) >= 11 is 0. The van der Waals surface area contributed by atoms with Crippen molar-refractivity contribution in [2.24, 2.45) is 5.73 Å². The quantitative estimate of drug-likeness (QED) is 0.620. The summed E-state index contributed by atoms with van der Waals surface area (Å²) in [6, 6.07) is 0. The van der Waals surface area contributed by atoms with Gasteiger partial charge in [0.2, 0.25) is 0 Å². The Kier molecular flexibility index (Phi) is 7.78. The van der Waals surface area contributed by atoms with E-state index in [1.807, 2.05) is 6.20 Å². The molecule has 16 heavy (non-hydrogen) atoms. The molecule has 1 heterocycles. The molecule has 0 spiro atoms. The number of unbranched alkanes of at least 4 members (excludes halogenated alkanes) is 7. The van der Waals surface area contributed by atoms with Crippen LogP contribution in [0.5, 0.6) is 0 Å². The van der Waals surface area contributed by atoms with Crippen molar-refractivity contribution in [2.75, 3.05) is 6.54 Å². The first-order chi connectivity index (χ1) is 7.93. The van der Waals surface area contributed by atoms with Gasteiger partial charge < -0.3 is 10.2 Å². The topological polar surface area (TPSA) is 52.0 Å². The van der Waals surface area contributed by atoms with Gasteiger partial charge in [-0.05, 0) is 19.4 Å². The van der Waals surface area contributed by atoms with Crippen molar-refractivity contribution in [1.29, 1.82) is 0 Å². The van der Waals surface area contributed by atoms with E-state index in [4.69, 9.17) is 10.2 Å². The van der Waals surface area contributed by atoms with Crippen LogP contribution in [-0.2, 0) is 6.42 Å². The molecule has 0 bridgehead atoms. The van der Waals surface area contributed by atoms with Crippen LogP contribution in [0, 0.1) is 0 Å². The van der Waals surface area contributed by atoms with E-state index in [0.29, 0.717) is 0 Å². The second kappa shape index (κ2) is 9.40. The maximum absolute atomic E-state index is 5.44. The number of oxazole rings is 1. The number of hydrogen-bond donors (Lipinski definition) is 1. The Hall–Kier alpha value is -0.830.